The summed E-state index contributed by atoms with van der Waals surface area (Å²) in [5, 5.41) is 0. The van der Waals surface area contributed by atoms with Gasteiger partial charge in [-0.1, -0.05) is 35.2 Å². The van der Waals surface area contributed by atoms with Crippen LogP contribution in [0.4, 0.5) is 0 Å². The Kier molecular flexibility index (Phi) is 4.13. The van der Waals surface area contributed by atoms with Gasteiger partial charge in [-0.3, -0.25) is 0 Å². The molecule has 0 radical (unpaired) electrons. The van der Waals surface area contributed by atoms with Crippen molar-refractivity contribution in [3.8, 4) is 0 Å². The molecule has 78 valence electrons. The lowest BCUT2D eigenvalue weighted by Crippen LogP contribution is -2.12. The molecule has 0 nitrogen and oxygen atoms in total. The van der Waals surface area contributed by atoms with E-state index in [1.807, 2.05) is 11.3 Å². The highest BCUT2D eigenvalue weighted by atomic mass is 79.9. The predicted octanol–water partition coefficient (Wildman–Crippen LogP) is 5.90. The third kappa shape index (κ3) is 2.63. The Morgan fingerprint density at radius 3 is 2.57 bits per heavy atom. The number of hydrogen-bond donors (Lipinski definition) is 0. The molecule has 2 rings (SSSR count). The lowest BCUT2D eigenvalue weighted by atomic mass is 9.82. The van der Waals surface area contributed by atoms with E-state index in [1.165, 1.54) is 38.8 Å². The molecule has 0 bridgehead atoms. The largest absolute Gasteiger partial charge is 0.131 e. The summed E-state index contributed by atoms with van der Waals surface area (Å²) < 4.78 is 2.38. The Balaban J connectivity index is 1.98. The molecule has 0 aliphatic heterocycles. The minimum absolute atomic E-state index is 0.542. The average molecular weight is 403 g/mol. The van der Waals surface area contributed by atoms with Gasteiger partial charge in [0.1, 0.15) is 0 Å². The Morgan fingerprint density at radius 2 is 2.14 bits per heavy atom. The topological polar surface area (TPSA) is 0 Å². The maximum absolute atomic E-state index is 3.78. The van der Waals surface area contributed by atoms with E-state index in [-0.39, 0.29) is 0 Å². The molecule has 1 fully saturated rings. The molecule has 0 saturated heterocycles. The monoisotopic (exact) mass is 400 g/mol. The first-order valence-electron chi connectivity index (χ1n) is 4.75. The molecule has 0 amide bonds. The smallest absolute Gasteiger partial charge is 0.0843 e. The zero-order valence-electron chi connectivity index (χ0n) is 7.60. The third-order valence-corrected chi connectivity index (χ3v) is 7.28. The van der Waals surface area contributed by atoms with Crippen LogP contribution in [0.15, 0.2) is 14.3 Å². The maximum atomic E-state index is 3.78. The van der Waals surface area contributed by atoms with Gasteiger partial charge in [0, 0.05) is 14.2 Å². The summed E-state index contributed by atoms with van der Waals surface area (Å²) in [7, 11) is 0. The van der Waals surface area contributed by atoms with Gasteiger partial charge in [0.25, 0.3) is 0 Å². The quantitative estimate of drug-likeness (QED) is 0.552. The van der Waals surface area contributed by atoms with Gasteiger partial charge in [-0.15, -0.1) is 11.3 Å². The molecule has 1 saturated carbocycles. The van der Waals surface area contributed by atoms with Crippen molar-refractivity contribution >= 4 is 59.1 Å². The molecule has 1 atom stereocenters. The number of hydrogen-bond acceptors (Lipinski definition) is 1. The predicted molar refractivity (Wildman–Crippen MR) is 73.3 cm³/mol. The van der Waals surface area contributed by atoms with Crippen LogP contribution in [0.2, 0.25) is 0 Å². The second-order valence-corrected chi connectivity index (χ2v) is 8.13. The van der Waals surface area contributed by atoms with Gasteiger partial charge in [-0.25, -0.2) is 0 Å². The van der Waals surface area contributed by atoms with Crippen LogP contribution in [0.3, 0.4) is 0 Å². The van der Waals surface area contributed by atoms with Crippen molar-refractivity contribution in [2.24, 2.45) is 5.92 Å². The van der Waals surface area contributed by atoms with Crippen molar-refractivity contribution in [1.29, 1.82) is 0 Å². The molecule has 0 aromatic carbocycles. The second kappa shape index (κ2) is 4.98. The molecule has 1 aliphatic carbocycles. The maximum Gasteiger partial charge on any atom is 0.0843 e. The molecule has 14 heavy (non-hydrogen) atoms. The zero-order chi connectivity index (χ0) is 10.1. The van der Waals surface area contributed by atoms with Crippen molar-refractivity contribution in [2.75, 3.05) is 0 Å². The van der Waals surface area contributed by atoms with Crippen LogP contribution in [0.1, 0.15) is 35.4 Å². The van der Waals surface area contributed by atoms with Gasteiger partial charge in [-0.2, -0.15) is 0 Å². The lowest BCUT2D eigenvalue weighted by molar-refractivity contribution is 0.296. The Hall–Kier alpha value is 1.14. The lowest BCUT2D eigenvalue weighted by Gasteiger charge is -2.27. The van der Waals surface area contributed by atoms with E-state index in [0.29, 0.717) is 4.83 Å². The Labute approximate surface area is 114 Å². The minimum Gasteiger partial charge on any atom is -0.131 e. The summed E-state index contributed by atoms with van der Waals surface area (Å²) in [5.41, 5.74) is 0. The van der Waals surface area contributed by atoms with Gasteiger partial charge < -0.3 is 0 Å². The van der Waals surface area contributed by atoms with Crippen LogP contribution >= 0.6 is 59.1 Å². The molecule has 4 heteroatoms. The molecular formula is C10H11Br3S. The summed E-state index contributed by atoms with van der Waals surface area (Å²) in [6.07, 6.45) is 5.58. The van der Waals surface area contributed by atoms with Crippen LogP contribution < -0.4 is 0 Å². The fraction of sp³-hybridized carbons (Fsp3) is 0.600. The standard InChI is InChI=1S/C10H11Br3S/c11-7(4-6-2-1-3-6)9-5-8(12)10(13)14-9/h5-7H,1-4H2. The van der Waals surface area contributed by atoms with Gasteiger partial charge in [0.05, 0.1) is 3.79 Å². The van der Waals surface area contributed by atoms with Gasteiger partial charge in [0.2, 0.25) is 0 Å². The minimum atomic E-state index is 0.542. The number of rotatable bonds is 3. The summed E-state index contributed by atoms with van der Waals surface area (Å²) in [5.74, 6) is 0.957. The highest BCUT2D eigenvalue weighted by Gasteiger charge is 2.22. The fourth-order valence-corrected chi connectivity index (χ4v) is 4.68. The Morgan fingerprint density at radius 1 is 1.43 bits per heavy atom. The second-order valence-electron chi connectivity index (χ2n) is 3.77. The van der Waals surface area contributed by atoms with Crippen LogP contribution in [0.5, 0.6) is 0 Å². The molecular weight excluding hydrogens is 392 g/mol. The number of halogens is 3. The van der Waals surface area contributed by atoms with Gasteiger partial charge >= 0.3 is 0 Å². The average Bonchev–Trinajstić information content (AvgIpc) is 2.40. The van der Waals surface area contributed by atoms with Crippen LogP contribution in [-0.2, 0) is 0 Å². The highest BCUT2D eigenvalue weighted by Crippen LogP contribution is 2.43. The van der Waals surface area contributed by atoms with Gasteiger partial charge in [0.15, 0.2) is 0 Å². The van der Waals surface area contributed by atoms with E-state index in [4.69, 9.17) is 0 Å². The summed E-state index contributed by atoms with van der Waals surface area (Å²) >= 11 is 12.7. The van der Waals surface area contributed by atoms with Crippen molar-refractivity contribution in [1.82, 2.24) is 0 Å². The first kappa shape index (κ1) is 11.6. The number of thiophene rings is 1. The van der Waals surface area contributed by atoms with E-state index in [2.05, 4.69) is 53.9 Å². The van der Waals surface area contributed by atoms with Crippen LogP contribution in [-0.4, -0.2) is 0 Å². The Bertz CT molecular complexity index is 298. The van der Waals surface area contributed by atoms with E-state index in [9.17, 15) is 0 Å². The van der Waals surface area contributed by atoms with E-state index in [0.717, 1.165) is 5.92 Å². The van der Waals surface area contributed by atoms with E-state index < -0.39 is 0 Å². The van der Waals surface area contributed by atoms with Crippen molar-refractivity contribution in [3.63, 3.8) is 0 Å². The van der Waals surface area contributed by atoms with Crippen LogP contribution in [0.25, 0.3) is 0 Å². The molecule has 1 unspecified atom stereocenters. The van der Waals surface area contributed by atoms with Crippen molar-refractivity contribution < 1.29 is 0 Å². The van der Waals surface area contributed by atoms with Crippen molar-refractivity contribution in [2.45, 2.75) is 30.5 Å². The SMILES string of the molecule is Brc1cc(C(Br)CC2CCC2)sc1Br. The normalized spacial score (nSPS) is 19.4. The first-order valence-corrected chi connectivity index (χ1v) is 8.07. The van der Waals surface area contributed by atoms with E-state index in [1.54, 1.807) is 0 Å². The zero-order valence-corrected chi connectivity index (χ0v) is 13.2. The summed E-state index contributed by atoms with van der Waals surface area (Å²) in [4.78, 5) is 1.97. The molecule has 1 aliphatic rings. The molecule has 0 spiro atoms. The molecule has 1 heterocycles. The van der Waals surface area contributed by atoms with Crippen molar-refractivity contribution in [3.05, 3.63) is 19.2 Å². The summed E-state index contributed by atoms with van der Waals surface area (Å²) in [6, 6.07) is 2.22. The molecule has 0 N–H and O–H groups in total. The van der Waals surface area contributed by atoms with Gasteiger partial charge in [-0.05, 0) is 50.3 Å². The van der Waals surface area contributed by atoms with Crippen LogP contribution in [0, 0.1) is 5.92 Å². The summed E-state index contributed by atoms with van der Waals surface area (Å²) in [6.45, 7) is 0. The van der Waals surface area contributed by atoms with E-state index >= 15 is 0 Å². The first-order chi connectivity index (χ1) is 6.66. The highest BCUT2D eigenvalue weighted by molar-refractivity contribution is 9.13. The third-order valence-electron chi connectivity index (χ3n) is 2.74. The fourth-order valence-electron chi connectivity index (χ4n) is 1.65. The molecule has 1 aromatic heterocycles. The number of alkyl halides is 1. The molecule has 1 aromatic rings.